The van der Waals surface area contributed by atoms with Crippen LogP contribution >= 0.6 is 23.2 Å². The van der Waals surface area contributed by atoms with E-state index in [4.69, 9.17) is 38.4 Å². The molecule has 208 valence electrons. The van der Waals surface area contributed by atoms with Crippen LogP contribution < -0.4 is 20.1 Å². The number of methoxy groups -OCH3 is 1. The molecule has 0 amide bonds. The third-order valence-electron chi connectivity index (χ3n) is 6.93. The fraction of sp³-hybridized carbons (Fsp3) is 0.308. The summed E-state index contributed by atoms with van der Waals surface area (Å²) in [6.45, 7) is 2.44. The number of halogens is 2. The number of pyridine rings is 2. The predicted octanol–water partition coefficient (Wildman–Crippen LogP) is 4.11. The van der Waals surface area contributed by atoms with Gasteiger partial charge in [-0.1, -0.05) is 23.2 Å². The Morgan fingerprint density at radius 1 is 1.23 bits per heavy atom. The van der Waals surface area contributed by atoms with Crippen molar-refractivity contribution in [2.24, 2.45) is 11.7 Å². The van der Waals surface area contributed by atoms with Gasteiger partial charge in [-0.25, -0.2) is 13.4 Å². The highest BCUT2D eigenvalue weighted by atomic mass is 35.5. The van der Waals surface area contributed by atoms with Gasteiger partial charge in [-0.3, -0.25) is 15.8 Å². The summed E-state index contributed by atoms with van der Waals surface area (Å²) >= 11 is 12.5. The summed E-state index contributed by atoms with van der Waals surface area (Å²) in [4.78, 5) is 10.4. The summed E-state index contributed by atoms with van der Waals surface area (Å²) in [5, 5.41) is 18.5. The monoisotopic (exact) mass is 601 g/mol. The quantitative estimate of drug-likeness (QED) is 0.281. The number of fused-ring (bicyclic) bond motifs is 1. The summed E-state index contributed by atoms with van der Waals surface area (Å²) in [5.74, 6) is 1.31. The molecule has 0 saturated carbocycles. The number of nitrogens with one attached hydrogen (secondary N) is 1. The number of nitrogens with zero attached hydrogens (tertiary/aromatic N) is 5. The molecule has 5 rings (SSSR count). The smallest absolute Gasteiger partial charge is 0.177 e. The van der Waals surface area contributed by atoms with Gasteiger partial charge in [-0.15, -0.1) is 0 Å². The maximum Gasteiger partial charge on any atom is 0.177 e. The molecule has 1 aliphatic heterocycles. The predicted molar refractivity (Wildman–Crippen MR) is 152 cm³/mol. The highest BCUT2D eigenvalue weighted by molar-refractivity contribution is 7.90. The van der Waals surface area contributed by atoms with E-state index in [9.17, 15) is 13.7 Å². The van der Waals surface area contributed by atoms with Gasteiger partial charge in [0.25, 0.3) is 0 Å². The number of anilines is 1. The van der Waals surface area contributed by atoms with Crippen LogP contribution in [0.2, 0.25) is 10.0 Å². The number of sulfone groups is 1. The van der Waals surface area contributed by atoms with Crippen LogP contribution in [-0.2, 0) is 9.84 Å². The van der Waals surface area contributed by atoms with Crippen LogP contribution in [0.1, 0.15) is 24.3 Å². The lowest BCUT2D eigenvalue weighted by Gasteiger charge is -2.47. The molecule has 0 spiro atoms. The average molecular weight is 603 g/mol. The summed E-state index contributed by atoms with van der Waals surface area (Å²) in [6.07, 6.45) is 4.71. The molecular formula is C26H25Cl2N7O4S. The van der Waals surface area contributed by atoms with Crippen molar-refractivity contribution in [3.05, 3.63) is 58.0 Å². The van der Waals surface area contributed by atoms with E-state index in [-0.39, 0.29) is 27.8 Å². The Labute approximate surface area is 240 Å². The lowest BCUT2D eigenvalue weighted by atomic mass is 9.91. The number of nitriles is 1. The summed E-state index contributed by atoms with van der Waals surface area (Å²) in [6, 6.07) is 7.30. The van der Waals surface area contributed by atoms with Crippen molar-refractivity contribution in [3.8, 4) is 28.8 Å². The lowest BCUT2D eigenvalue weighted by Crippen LogP contribution is -2.57. The van der Waals surface area contributed by atoms with Crippen LogP contribution in [0.3, 0.4) is 0 Å². The number of aromatic nitrogens is 4. The SMILES string of the molecule is COc1cc2[nH]nc(-c3cnc(N4C[C@H](CS(C)(=O)=O)[C@H]4C)c(C#N)c3)c2cc1O[C@H](N)c1c(Cl)cncc1Cl. The van der Waals surface area contributed by atoms with E-state index in [0.29, 0.717) is 57.1 Å². The number of nitrogens with two attached hydrogens (primary N) is 1. The van der Waals surface area contributed by atoms with Crippen LogP contribution in [0.5, 0.6) is 11.5 Å². The van der Waals surface area contributed by atoms with Gasteiger partial charge in [0.15, 0.2) is 17.7 Å². The zero-order valence-corrected chi connectivity index (χ0v) is 24.0. The highest BCUT2D eigenvalue weighted by Crippen LogP contribution is 2.40. The molecule has 40 heavy (non-hydrogen) atoms. The van der Waals surface area contributed by atoms with Crippen molar-refractivity contribution in [3.63, 3.8) is 0 Å². The molecule has 3 N–H and O–H groups in total. The minimum absolute atomic E-state index is 0.0185. The molecule has 11 nitrogen and oxygen atoms in total. The maximum absolute atomic E-state index is 11.7. The van der Waals surface area contributed by atoms with Crippen LogP contribution in [0.25, 0.3) is 22.2 Å². The molecule has 3 atom stereocenters. The summed E-state index contributed by atoms with van der Waals surface area (Å²) in [7, 11) is -1.60. The van der Waals surface area contributed by atoms with E-state index < -0.39 is 16.1 Å². The van der Waals surface area contributed by atoms with Crippen LogP contribution in [-0.4, -0.2) is 60.3 Å². The summed E-state index contributed by atoms with van der Waals surface area (Å²) < 4.78 is 35.0. The number of hydrogen-bond donors (Lipinski definition) is 2. The fourth-order valence-electron chi connectivity index (χ4n) is 4.83. The zero-order chi connectivity index (χ0) is 28.8. The van der Waals surface area contributed by atoms with Gasteiger partial charge < -0.3 is 14.4 Å². The van der Waals surface area contributed by atoms with Crippen molar-refractivity contribution in [1.29, 1.82) is 5.26 Å². The second-order valence-corrected chi connectivity index (χ2v) is 12.6. The first kappa shape index (κ1) is 27.9. The normalized spacial score (nSPS) is 17.8. The van der Waals surface area contributed by atoms with E-state index in [1.165, 1.54) is 25.8 Å². The largest absolute Gasteiger partial charge is 0.493 e. The maximum atomic E-state index is 11.7. The van der Waals surface area contributed by atoms with Crippen molar-refractivity contribution >= 4 is 49.8 Å². The molecule has 0 unspecified atom stereocenters. The fourth-order valence-corrected chi connectivity index (χ4v) is 6.57. The molecule has 3 aromatic heterocycles. The van der Waals surface area contributed by atoms with E-state index in [0.717, 1.165) is 0 Å². The molecule has 1 aliphatic rings. The minimum Gasteiger partial charge on any atom is -0.493 e. The minimum atomic E-state index is -3.10. The van der Waals surface area contributed by atoms with E-state index in [1.807, 2.05) is 11.8 Å². The number of ether oxygens (including phenoxy) is 2. The summed E-state index contributed by atoms with van der Waals surface area (Å²) in [5.41, 5.74) is 8.84. The van der Waals surface area contributed by atoms with Crippen molar-refractivity contribution < 1.29 is 17.9 Å². The number of aromatic amines is 1. The Kier molecular flexibility index (Phi) is 7.50. The number of rotatable bonds is 8. The Morgan fingerprint density at radius 2 is 1.95 bits per heavy atom. The Bertz CT molecular complexity index is 1740. The van der Waals surface area contributed by atoms with Crippen LogP contribution in [0.4, 0.5) is 5.82 Å². The molecule has 0 radical (unpaired) electrons. The molecule has 4 aromatic rings. The second-order valence-electron chi connectivity index (χ2n) is 9.63. The van der Waals surface area contributed by atoms with Crippen molar-refractivity contribution in [1.82, 2.24) is 20.2 Å². The average Bonchev–Trinajstić information content (AvgIpc) is 3.32. The van der Waals surface area contributed by atoms with Gasteiger partial charge in [0.05, 0.1) is 34.0 Å². The van der Waals surface area contributed by atoms with Crippen molar-refractivity contribution in [2.75, 3.05) is 30.6 Å². The van der Waals surface area contributed by atoms with Crippen LogP contribution in [0.15, 0.2) is 36.8 Å². The topological polar surface area (TPSA) is 160 Å². The zero-order valence-electron chi connectivity index (χ0n) is 21.7. The van der Waals surface area contributed by atoms with Gasteiger partial charge in [-0.05, 0) is 19.1 Å². The van der Waals surface area contributed by atoms with E-state index in [2.05, 4.69) is 26.2 Å². The molecule has 0 bridgehead atoms. The lowest BCUT2D eigenvalue weighted by molar-refractivity contribution is 0.204. The third kappa shape index (κ3) is 5.25. The number of hydrogen-bond acceptors (Lipinski definition) is 10. The molecule has 1 aromatic carbocycles. The van der Waals surface area contributed by atoms with Crippen molar-refractivity contribution in [2.45, 2.75) is 19.2 Å². The standard InChI is InChI=1S/C26H25Cl2N7O4S/c1-13-16(12-40(3,36)37)11-35(13)26-14(7-29)4-15(8-32-26)24-17-5-22(21(38-2)6-20(17)33-34-24)39-25(30)23-18(27)9-31-10-19(23)28/h4-6,8-10,13,16,25H,11-12,30H2,1-3H3,(H,33,34)/t13-,16-,25+/m1/s1. The van der Waals surface area contributed by atoms with Gasteiger partial charge in [0.1, 0.15) is 27.4 Å². The van der Waals surface area contributed by atoms with Gasteiger partial charge in [-0.2, -0.15) is 10.4 Å². The van der Waals surface area contributed by atoms with Crippen LogP contribution in [0, 0.1) is 17.2 Å². The Hall–Kier alpha value is -3.63. The van der Waals surface area contributed by atoms with E-state index in [1.54, 1.807) is 24.4 Å². The van der Waals surface area contributed by atoms with E-state index >= 15 is 0 Å². The Balaban J connectivity index is 1.47. The van der Waals surface area contributed by atoms with Gasteiger partial charge >= 0.3 is 0 Å². The molecule has 4 heterocycles. The molecule has 1 fully saturated rings. The molecular weight excluding hydrogens is 577 g/mol. The third-order valence-corrected chi connectivity index (χ3v) is 8.57. The Morgan fingerprint density at radius 3 is 2.58 bits per heavy atom. The number of benzene rings is 1. The number of H-pyrrole nitrogens is 1. The highest BCUT2D eigenvalue weighted by Gasteiger charge is 2.39. The first-order valence-corrected chi connectivity index (χ1v) is 14.9. The van der Waals surface area contributed by atoms with Gasteiger partial charge in [0.2, 0.25) is 0 Å². The first-order valence-electron chi connectivity index (χ1n) is 12.1. The molecule has 14 heteroatoms. The molecule has 1 saturated heterocycles. The first-order chi connectivity index (χ1) is 19.0. The molecule has 0 aliphatic carbocycles. The van der Waals surface area contributed by atoms with Gasteiger partial charge in [0, 0.05) is 65.9 Å². The second kappa shape index (κ2) is 10.7.